The summed E-state index contributed by atoms with van der Waals surface area (Å²) < 4.78 is 5.39. The third kappa shape index (κ3) is 3.44. The van der Waals surface area contributed by atoms with E-state index in [-0.39, 0.29) is 5.54 Å². The first kappa shape index (κ1) is 12.9. The molecule has 0 aromatic rings. The molecule has 15 heavy (non-hydrogen) atoms. The Kier molecular flexibility index (Phi) is 5.03. The van der Waals surface area contributed by atoms with Crippen LogP contribution < -0.4 is 5.32 Å². The van der Waals surface area contributed by atoms with Crippen molar-refractivity contribution < 1.29 is 4.74 Å². The molecule has 0 spiro atoms. The van der Waals surface area contributed by atoms with Gasteiger partial charge >= 0.3 is 0 Å². The van der Waals surface area contributed by atoms with E-state index in [0.717, 1.165) is 32.8 Å². The van der Waals surface area contributed by atoms with E-state index in [1.807, 2.05) is 0 Å². The van der Waals surface area contributed by atoms with Crippen molar-refractivity contribution in [1.82, 2.24) is 10.2 Å². The van der Waals surface area contributed by atoms with Crippen LogP contribution in [0.4, 0.5) is 0 Å². The lowest BCUT2D eigenvalue weighted by Gasteiger charge is -2.45. The Bertz CT molecular complexity index is 176. The third-order valence-corrected chi connectivity index (χ3v) is 3.59. The van der Waals surface area contributed by atoms with Crippen LogP contribution in [0.15, 0.2) is 0 Å². The third-order valence-electron chi connectivity index (χ3n) is 3.59. The van der Waals surface area contributed by atoms with Crippen LogP contribution in [0.2, 0.25) is 0 Å². The van der Waals surface area contributed by atoms with E-state index in [2.05, 4.69) is 37.9 Å². The predicted octanol–water partition coefficient (Wildman–Crippen LogP) is 1.49. The number of hydrogen-bond donors (Lipinski definition) is 1. The Morgan fingerprint density at radius 3 is 2.47 bits per heavy atom. The lowest BCUT2D eigenvalue weighted by Crippen LogP contribution is -2.59. The largest absolute Gasteiger partial charge is 0.379 e. The minimum Gasteiger partial charge on any atom is -0.379 e. The summed E-state index contributed by atoms with van der Waals surface area (Å²) in [6, 6.07) is 0.524. The van der Waals surface area contributed by atoms with Crippen LogP contribution in [0.1, 0.15) is 34.1 Å². The molecule has 0 radical (unpaired) electrons. The summed E-state index contributed by atoms with van der Waals surface area (Å²) in [6.07, 6.45) is 1.20. The number of ether oxygens (including phenoxy) is 1. The Labute approximate surface area is 94.2 Å². The van der Waals surface area contributed by atoms with E-state index in [4.69, 9.17) is 4.74 Å². The molecule has 90 valence electrons. The number of hydrogen-bond acceptors (Lipinski definition) is 3. The van der Waals surface area contributed by atoms with Crippen LogP contribution in [0.25, 0.3) is 0 Å². The number of nitrogens with one attached hydrogen (secondary N) is 1. The van der Waals surface area contributed by atoms with Gasteiger partial charge in [0, 0.05) is 24.7 Å². The predicted molar refractivity (Wildman–Crippen MR) is 64.2 cm³/mol. The van der Waals surface area contributed by atoms with Crippen molar-refractivity contribution in [3.05, 3.63) is 0 Å². The van der Waals surface area contributed by atoms with Crippen LogP contribution in [0.5, 0.6) is 0 Å². The highest BCUT2D eigenvalue weighted by Gasteiger charge is 2.32. The van der Waals surface area contributed by atoms with Gasteiger partial charge in [0.05, 0.1) is 13.2 Å². The van der Waals surface area contributed by atoms with Gasteiger partial charge in [-0.25, -0.2) is 0 Å². The zero-order valence-corrected chi connectivity index (χ0v) is 10.7. The van der Waals surface area contributed by atoms with Gasteiger partial charge in [-0.3, -0.25) is 4.90 Å². The van der Waals surface area contributed by atoms with Gasteiger partial charge in [-0.05, 0) is 33.7 Å². The highest BCUT2D eigenvalue weighted by molar-refractivity contribution is 4.91. The minimum atomic E-state index is 0.221. The van der Waals surface area contributed by atoms with Gasteiger partial charge in [0.1, 0.15) is 0 Å². The molecule has 0 bridgehead atoms. The Hall–Kier alpha value is -0.120. The minimum absolute atomic E-state index is 0.221. The summed E-state index contributed by atoms with van der Waals surface area (Å²) in [5.74, 6) is 0. The molecule has 1 N–H and O–H groups in total. The molecule has 1 heterocycles. The first-order chi connectivity index (χ1) is 7.09. The van der Waals surface area contributed by atoms with Crippen molar-refractivity contribution >= 4 is 0 Å². The fourth-order valence-corrected chi connectivity index (χ4v) is 2.02. The normalized spacial score (nSPS) is 21.6. The fourth-order valence-electron chi connectivity index (χ4n) is 2.02. The molecule has 0 aromatic carbocycles. The monoisotopic (exact) mass is 214 g/mol. The molecule has 0 aromatic heterocycles. The first-order valence-electron chi connectivity index (χ1n) is 6.15. The van der Waals surface area contributed by atoms with E-state index in [9.17, 15) is 0 Å². The summed E-state index contributed by atoms with van der Waals surface area (Å²) in [6.45, 7) is 14.1. The van der Waals surface area contributed by atoms with E-state index >= 15 is 0 Å². The summed E-state index contributed by atoms with van der Waals surface area (Å²) in [5, 5.41) is 3.59. The van der Waals surface area contributed by atoms with Crippen LogP contribution in [-0.4, -0.2) is 49.3 Å². The molecule has 3 heteroatoms. The van der Waals surface area contributed by atoms with Gasteiger partial charge in [-0.15, -0.1) is 0 Å². The van der Waals surface area contributed by atoms with Gasteiger partial charge in [0.15, 0.2) is 0 Å². The summed E-state index contributed by atoms with van der Waals surface area (Å²) in [5.41, 5.74) is 0.221. The lowest BCUT2D eigenvalue weighted by molar-refractivity contribution is -0.0209. The number of rotatable bonds is 5. The van der Waals surface area contributed by atoms with Crippen molar-refractivity contribution in [2.45, 2.75) is 45.7 Å². The maximum Gasteiger partial charge on any atom is 0.0594 e. The smallest absolute Gasteiger partial charge is 0.0594 e. The lowest BCUT2D eigenvalue weighted by atomic mass is 9.93. The Morgan fingerprint density at radius 2 is 1.93 bits per heavy atom. The molecule has 1 atom stereocenters. The molecule has 0 amide bonds. The molecule has 0 saturated carbocycles. The maximum absolute atomic E-state index is 5.39. The molecule has 1 saturated heterocycles. The average Bonchev–Trinajstić information content (AvgIpc) is 2.27. The first-order valence-corrected chi connectivity index (χ1v) is 6.15. The van der Waals surface area contributed by atoms with Crippen molar-refractivity contribution in [3.8, 4) is 0 Å². The van der Waals surface area contributed by atoms with Crippen LogP contribution >= 0.6 is 0 Å². The quantitative estimate of drug-likeness (QED) is 0.750. The van der Waals surface area contributed by atoms with Crippen molar-refractivity contribution in [2.24, 2.45) is 0 Å². The Balaban J connectivity index is 2.46. The second-order valence-electron chi connectivity index (χ2n) is 4.93. The maximum atomic E-state index is 5.39. The number of morpholine rings is 1. The average molecular weight is 214 g/mol. The van der Waals surface area contributed by atoms with Crippen molar-refractivity contribution in [3.63, 3.8) is 0 Å². The van der Waals surface area contributed by atoms with E-state index < -0.39 is 0 Å². The molecule has 1 unspecified atom stereocenters. The van der Waals surface area contributed by atoms with Crippen LogP contribution in [-0.2, 0) is 4.74 Å². The van der Waals surface area contributed by atoms with E-state index in [1.54, 1.807) is 0 Å². The van der Waals surface area contributed by atoms with Gasteiger partial charge in [-0.1, -0.05) is 6.92 Å². The summed E-state index contributed by atoms with van der Waals surface area (Å²) >= 11 is 0. The van der Waals surface area contributed by atoms with Gasteiger partial charge in [0.2, 0.25) is 0 Å². The second kappa shape index (κ2) is 5.83. The Morgan fingerprint density at radius 1 is 1.33 bits per heavy atom. The summed E-state index contributed by atoms with van der Waals surface area (Å²) in [4.78, 5) is 2.53. The van der Waals surface area contributed by atoms with E-state index in [1.165, 1.54) is 6.42 Å². The van der Waals surface area contributed by atoms with Crippen molar-refractivity contribution in [2.75, 3.05) is 32.8 Å². The molecule has 1 aliphatic rings. The van der Waals surface area contributed by atoms with Crippen molar-refractivity contribution in [1.29, 1.82) is 0 Å². The molecular weight excluding hydrogens is 188 g/mol. The zero-order valence-electron chi connectivity index (χ0n) is 10.7. The highest BCUT2D eigenvalue weighted by atomic mass is 16.5. The van der Waals surface area contributed by atoms with Gasteiger partial charge in [0.25, 0.3) is 0 Å². The van der Waals surface area contributed by atoms with Gasteiger partial charge in [-0.2, -0.15) is 0 Å². The van der Waals surface area contributed by atoms with E-state index in [0.29, 0.717) is 6.04 Å². The molecular formula is C12H26N2O. The standard InChI is InChI=1S/C12H26N2O/c1-5-6-13-11(2)12(3,4)14-7-9-15-10-8-14/h11,13H,5-10H2,1-4H3. The van der Waals surface area contributed by atoms with Gasteiger partial charge < -0.3 is 10.1 Å². The van der Waals surface area contributed by atoms with Crippen LogP contribution in [0, 0.1) is 0 Å². The summed E-state index contributed by atoms with van der Waals surface area (Å²) in [7, 11) is 0. The molecule has 1 aliphatic heterocycles. The zero-order chi connectivity index (χ0) is 11.3. The molecule has 1 fully saturated rings. The topological polar surface area (TPSA) is 24.5 Å². The fraction of sp³-hybridized carbons (Fsp3) is 1.00. The van der Waals surface area contributed by atoms with Crippen LogP contribution in [0.3, 0.4) is 0 Å². The molecule has 0 aliphatic carbocycles. The SMILES string of the molecule is CCCNC(C)C(C)(C)N1CCOCC1. The highest BCUT2D eigenvalue weighted by Crippen LogP contribution is 2.20. The second-order valence-corrected chi connectivity index (χ2v) is 4.93. The molecule has 3 nitrogen and oxygen atoms in total. The molecule has 1 rings (SSSR count). The number of nitrogens with zero attached hydrogens (tertiary/aromatic N) is 1.